The lowest BCUT2D eigenvalue weighted by molar-refractivity contribution is 0.558. The molecular weight excluding hydrogens is 240 g/mol. The van der Waals surface area contributed by atoms with E-state index in [0.29, 0.717) is 18.0 Å². The third kappa shape index (κ3) is 2.85. The highest BCUT2D eigenvalue weighted by atomic mass is 35.5. The van der Waals surface area contributed by atoms with Crippen LogP contribution in [0.25, 0.3) is 5.65 Å². The maximum atomic E-state index is 11.2. The number of hydrogen-bond acceptors (Lipinski definition) is 3. The van der Waals surface area contributed by atoms with Crippen LogP contribution >= 0.6 is 11.6 Å². The first-order valence-corrected chi connectivity index (χ1v) is 6.05. The molecule has 5 nitrogen and oxygen atoms in total. The average molecular weight is 255 g/mol. The molecule has 1 N–H and O–H groups in total. The summed E-state index contributed by atoms with van der Waals surface area (Å²) >= 11 is 6.23. The second kappa shape index (κ2) is 4.87. The van der Waals surface area contributed by atoms with Crippen molar-refractivity contribution in [2.75, 3.05) is 0 Å². The summed E-state index contributed by atoms with van der Waals surface area (Å²) in [4.78, 5) is 15.4. The van der Waals surface area contributed by atoms with Crippen molar-refractivity contribution >= 4 is 17.2 Å². The van der Waals surface area contributed by atoms with Crippen LogP contribution in [0.3, 0.4) is 0 Å². The zero-order valence-electron chi connectivity index (χ0n) is 9.85. The molecule has 1 unspecified atom stereocenters. The van der Waals surface area contributed by atoms with Crippen molar-refractivity contribution in [3.63, 3.8) is 0 Å². The van der Waals surface area contributed by atoms with Gasteiger partial charge in [-0.05, 0) is 12.3 Å². The summed E-state index contributed by atoms with van der Waals surface area (Å²) in [5, 5.41) is 6.33. The lowest BCUT2D eigenvalue weighted by Crippen LogP contribution is -2.12. The van der Waals surface area contributed by atoms with Gasteiger partial charge in [-0.25, -0.2) is 19.3 Å². The van der Waals surface area contributed by atoms with Crippen LogP contribution in [-0.2, 0) is 6.42 Å². The molecule has 0 radical (unpaired) electrons. The Kier molecular flexibility index (Phi) is 3.47. The lowest BCUT2D eigenvalue weighted by Gasteiger charge is -2.11. The fourth-order valence-corrected chi connectivity index (χ4v) is 2.30. The molecule has 0 spiro atoms. The Balaban J connectivity index is 2.16. The van der Waals surface area contributed by atoms with Gasteiger partial charge in [-0.3, -0.25) is 0 Å². The quantitative estimate of drug-likeness (QED) is 0.844. The first kappa shape index (κ1) is 12.1. The van der Waals surface area contributed by atoms with Crippen molar-refractivity contribution in [1.29, 1.82) is 0 Å². The number of aromatic nitrogens is 4. The summed E-state index contributed by atoms with van der Waals surface area (Å²) in [6, 6.07) is 1.79. The van der Waals surface area contributed by atoms with Crippen LogP contribution in [0.15, 0.2) is 17.2 Å². The van der Waals surface area contributed by atoms with Gasteiger partial charge in [0.2, 0.25) is 0 Å². The predicted octanol–water partition coefficient (Wildman–Crippen LogP) is 1.61. The number of aromatic amines is 1. The molecular formula is C11H15ClN4O. The largest absolute Gasteiger partial charge is 0.348 e. The standard InChI is InChI=1S/C11H15ClN4O/c1-7(2)3-8(12)4-9-5-10-14-15-11(17)16(10)6-13-9/h5-8H,3-4H2,1-2H3,(H,15,17). The van der Waals surface area contributed by atoms with Gasteiger partial charge in [0.15, 0.2) is 5.65 Å². The lowest BCUT2D eigenvalue weighted by atomic mass is 10.0. The van der Waals surface area contributed by atoms with E-state index < -0.39 is 0 Å². The van der Waals surface area contributed by atoms with E-state index in [2.05, 4.69) is 29.0 Å². The molecule has 1 atom stereocenters. The summed E-state index contributed by atoms with van der Waals surface area (Å²) in [5.74, 6) is 0.564. The molecule has 0 saturated carbocycles. The predicted molar refractivity (Wildman–Crippen MR) is 66.4 cm³/mol. The van der Waals surface area contributed by atoms with E-state index in [4.69, 9.17) is 11.6 Å². The topological polar surface area (TPSA) is 63.0 Å². The molecule has 0 saturated heterocycles. The average Bonchev–Trinajstić information content (AvgIpc) is 2.58. The summed E-state index contributed by atoms with van der Waals surface area (Å²) in [5.41, 5.74) is 1.16. The van der Waals surface area contributed by atoms with Crippen LogP contribution in [-0.4, -0.2) is 25.0 Å². The third-order valence-corrected chi connectivity index (χ3v) is 2.86. The number of H-pyrrole nitrogens is 1. The molecule has 2 aromatic heterocycles. The van der Waals surface area contributed by atoms with Gasteiger partial charge in [-0.2, -0.15) is 5.10 Å². The Bertz CT molecular complexity index is 560. The van der Waals surface area contributed by atoms with Gasteiger partial charge in [0.1, 0.15) is 6.33 Å². The maximum Gasteiger partial charge on any atom is 0.348 e. The zero-order chi connectivity index (χ0) is 12.4. The van der Waals surface area contributed by atoms with Gasteiger partial charge in [0.25, 0.3) is 0 Å². The minimum atomic E-state index is -0.274. The highest BCUT2D eigenvalue weighted by Crippen LogP contribution is 2.15. The second-order valence-corrected chi connectivity index (χ2v) is 5.19. The van der Waals surface area contributed by atoms with Crippen molar-refractivity contribution in [3.8, 4) is 0 Å². The van der Waals surface area contributed by atoms with Crippen LogP contribution < -0.4 is 5.69 Å². The van der Waals surface area contributed by atoms with Gasteiger partial charge < -0.3 is 0 Å². The highest BCUT2D eigenvalue weighted by Gasteiger charge is 2.10. The number of rotatable bonds is 4. The molecule has 2 heterocycles. The smallest absolute Gasteiger partial charge is 0.246 e. The Morgan fingerprint density at radius 1 is 1.53 bits per heavy atom. The molecule has 0 aliphatic carbocycles. The van der Waals surface area contributed by atoms with Gasteiger partial charge in [-0.1, -0.05) is 13.8 Å². The number of halogens is 1. The van der Waals surface area contributed by atoms with E-state index in [1.54, 1.807) is 6.07 Å². The van der Waals surface area contributed by atoms with Crippen LogP contribution in [0, 0.1) is 5.92 Å². The molecule has 0 amide bonds. The van der Waals surface area contributed by atoms with E-state index in [0.717, 1.165) is 12.1 Å². The van der Waals surface area contributed by atoms with E-state index in [9.17, 15) is 4.79 Å². The number of alkyl halides is 1. The monoisotopic (exact) mass is 254 g/mol. The number of nitrogens with one attached hydrogen (secondary N) is 1. The Morgan fingerprint density at radius 2 is 2.29 bits per heavy atom. The minimum Gasteiger partial charge on any atom is -0.246 e. The summed E-state index contributed by atoms with van der Waals surface area (Å²) in [7, 11) is 0. The summed E-state index contributed by atoms with van der Waals surface area (Å²) in [6.07, 6.45) is 3.12. The van der Waals surface area contributed by atoms with Gasteiger partial charge in [0, 0.05) is 23.6 Å². The highest BCUT2D eigenvalue weighted by molar-refractivity contribution is 6.20. The van der Waals surface area contributed by atoms with Crippen molar-refractivity contribution in [3.05, 3.63) is 28.6 Å². The van der Waals surface area contributed by atoms with Crippen LogP contribution in [0.5, 0.6) is 0 Å². The zero-order valence-corrected chi connectivity index (χ0v) is 10.6. The molecule has 17 heavy (non-hydrogen) atoms. The van der Waals surface area contributed by atoms with E-state index in [1.165, 1.54) is 10.7 Å². The molecule has 2 rings (SSSR count). The summed E-state index contributed by atoms with van der Waals surface area (Å²) < 4.78 is 1.37. The minimum absolute atomic E-state index is 0.0654. The van der Waals surface area contributed by atoms with Gasteiger partial charge in [-0.15, -0.1) is 11.6 Å². The number of fused-ring (bicyclic) bond motifs is 1. The number of hydrogen-bond donors (Lipinski definition) is 1. The van der Waals surface area contributed by atoms with Crippen LogP contribution in [0.4, 0.5) is 0 Å². The fraction of sp³-hybridized carbons (Fsp3) is 0.545. The first-order valence-electron chi connectivity index (χ1n) is 5.62. The first-order chi connectivity index (χ1) is 8.06. The van der Waals surface area contributed by atoms with E-state index in [1.807, 2.05) is 0 Å². The van der Waals surface area contributed by atoms with E-state index >= 15 is 0 Å². The van der Waals surface area contributed by atoms with Gasteiger partial charge in [0.05, 0.1) is 0 Å². The Morgan fingerprint density at radius 3 is 3.00 bits per heavy atom. The Hall–Kier alpha value is -1.36. The Labute approximate surface area is 104 Å². The molecule has 0 fully saturated rings. The molecule has 0 bridgehead atoms. The van der Waals surface area contributed by atoms with Crippen molar-refractivity contribution in [2.45, 2.75) is 32.1 Å². The molecule has 0 aliphatic rings. The van der Waals surface area contributed by atoms with Crippen molar-refractivity contribution < 1.29 is 0 Å². The normalized spacial score (nSPS) is 13.4. The van der Waals surface area contributed by atoms with Gasteiger partial charge >= 0.3 is 5.69 Å². The summed E-state index contributed by atoms with van der Waals surface area (Å²) in [6.45, 7) is 4.28. The molecule has 6 heteroatoms. The van der Waals surface area contributed by atoms with Crippen molar-refractivity contribution in [1.82, 2.24) is 19.6 Å². The maximum absolute atomic E-state index is 11.2. The number of nitrogens with zero attached hydrogens (tertiary/aromatic N) is 3. The second-order valence-electron chi connectivity index (χ2n) is 4.57. The SMILES string of the molecule is CC(C)CC(Cl)Cc1cc2n[nH]c(=O)n2cn1. The van der Waals surface area contributed by atoms with Crippen LogP contribution in [0.2, 0.25) is 0 Å². The fourth-order valence-electron chi connectivity index (χ4n) is 1.78. The third-order valence-electron chi connectivity index (χ3n) is 2.52. The van der Waals surface area contributed by atoms with Crippen LogP contribution in [0.1, 0.15) is 26.0 Å². The van der Waals surface area contributed by atoms with Crippen molar-refractivity contribution in [2.24, 2.45) is 5.92 Å². The van der Waals surface area contributed by atoms with E-state index in [-0.39, 0.29) is 11.1 Å². The molecule has 2 aromatic rings. The molecule has 0 aliphatic heterocycles. The molecule has 0 aromatic carbocycles. The molecule has 92 valence electrons.